The zero-order chi connectivity index (χ0) is 18.0. The number of fused-ring (bicyclic) bond motifs is 2. The first-order valence-corrected chi connectivity index (χ1v) is 10.8. The lowest BCUT2D eigenvalue weighted by Gasteiger charge is -2.48. The number of carbonyl (C=O) groups excluding carboxylic acids is 2. The molecular weight excluding hydrogens is 328 g/mol. The minimum absolute atomic E-state index is 0.0494. The Kier molecular flexibility index (Phi) is 5.65. The minimum Gasteiger partial charge on any atom is -0.379 e. The minimum atomic E-state index is 0.0494. The van der Waals surface area contributed by atoms with Crippen LogP contribution in [0.15, 0.2) is 0 Å². The average Bonchev–Trinajstić information content (AvgIpc) is 2.67. The molecule has 0 aromatic heterocycles. The number of hydrogen-bond donors (Lipinski definition) is 1. The predicted molar refractivity (Wildman–Crippen MR) is 99.8 cm³/mol. The highest BCUT2D eigenvalue weighted by molar-refractivity contribution is 5.88. The maximum atomic E-state index is 12.9. The second-order valence-corrected chi connectivity index (χ2v) is 9.00. The van der Waals surface area contributed by atoms with Crippen molar-refractivity contribution in [3.05, 3.63) is 0 Å². The van der Waals surface area contributed by atoms with Crippen LogP contribution in [0.1, 0.15) is 64.2 Å². The third kappa shape index (κ3) is 3.70. The molecule has 1 aliphatic heterocycles. The summed E-state index contributed by atoms with van der Waals surface area (Å²) in [4.78, 5) is 27.8. The van der Waals surface area contributed by atoms with Gasteiger partial charge in [-0.3, -0.25) is 14.5 Å². The van der Waals surface area contributed by atoms with Crippen LogP contribution in [0.25, 0.3) is 0 Å². The summed E-state index contributed by atoms with van der Waals surface area (Å²) in [7, 11) is 0. The standard InChI is InChI=1S/C21H34N2O3/c24-19-16-5-4-6-17(19)14-18(13-16)20(25)22-15-21(7-2-1-3-8-21)23-9-11-26-12-10-23/h16-18H,1-15H2,(H,22,25). The van der Waals surface area contributed by atoms with E-state index in [0.717, 1.165) is 65.0 Å². The molecule has 2 atom stereocenters. The van der Waals surface area contributed by atoms with Gasteiger partial charge in [0.15, 0.2) is 0 Å². The van der Waals surface area contributed by atoms with E-state index >= 15 is 0 Å². The molecule has 5 nitrogen and oxygen atoms in total. The van der Waals surface area contributed by atoms with Crippen molar-refractivity contribution in [3.63, 3.8) is 0 Å². The molecule has 1 heterocycles. The van der Waals surface area contributed by atoms with Crippen molar-refractivity contribution in [3.8, 4) is 0 Å². The summed E-state index contributed by atoms with van der Waals surface area (Å²) in [5, 5.41) is 3.33. The van der Waals surface area contributed by atoms with Crippen molar-refractivity contribution in [1.29, 1.82) is 0 Å². The number of nitrogens with zero attached hydrogens (tertiary/aromatic N) is 1. The first-order chi connectivity index (χ1) is 12.7. The summed E-state index contributed by atoms with van der Waals surface area (Å²) in [5.41, 5.74) is 0.123. The van der Waals surface area contributed by atoms with Crippen LogP contribution in [0.2, 0.25) is 0 Å². The summed E-state index contributed by atoms with van der Waals surface area (Å²) >= 11 is 0. The Labute approximate surface area is 157 Å². The molecule has 2 bridgehead atoms. The Morgan fingerprint density at radius 3 is 2.35 bits per heavy atom. The number of rotatable bonds is 4. The van der Waals surface area contributed by atoms with Gasteiger partial charge in [-0.15, -0.1) is 0 Å². The van der Waals surface area contributed by atoms with E-state index in [1.807, 2.05) is 0 Å². The molecule has 1 saturated heterocycles. The number of Topliss-reactive ketones (excluding diaryl/α,β-unsaturated/α-hetero) is 1. The zero-order valence-electron chi connectivity index (χ0n) is 16.0. The van der Waals surface area contributed by atoms with Crippen LogP contribution < -0.4 is 5.32 Å². The molecule has 26 heavy (non-hydrogen) atoms. The number of morpholine rings is 1. The molecule has 146 valence electrons. The summed E-state index contributed by atoms with van der Waals surface area (Å²) in [6.45, 7) is 4.36. The van der Waals surface area contributed by atoms with Gasteiger partial charge in [0, 0.05) is 42.9 Å². The van der Waals surface area contributed by atoms with Crippen molar-refractivity contribution in [2.75, 3.05) is 32.8 Å². The number of ketones is 1. The number of nitrogens with one attached hydrogen (secondary N) is 1. The van der Waals surface area contributed by atoms with Crippen LogP contribution in [0.4, 0.5) is 0 Å². The Morgan fingerprint density at radius 1 is 1.04 bits per heavy atom. The third-order valence-electron chi connectivity index (χ3n) is 7.48. The van der Waals surface area contributed by atoms with Crippen LogP contribution in [0.5, 0.6) is 0 Å². The Balaban J connectivity index is 1.37. The zero-order valence-corrected chi connectivity index (χ0v) is 16.0. The van der Waals surface area contributed by atoms with Gasteiger partial charge in [-0.25, -0.2) is 0 Å². The van der Waals surface area contributed by atoms with Gasteiger partial charge in [0.25, 0.3) is 0 Å². The molecule has 0 aromatic rings. The molecule has 4 aliphatic rings. The van der Waals surface area contributed by atoms with Gasteiger partial charge in [0.1, 0.15) is 5.78 Å². The van der Waals surface area contributed by atoms with Gasteiger partial charge >= 0.3 is 0 Å². The fourth-order valence-electron chi connectivity index (χ4n) is 5.94. The van der Waals surface area contributed by atoms with Crippen molar-refractivity contribution in [1.82, 2.24) is 10.2 Å². The monoisotopic (exact) mass is 362 g/mol. The van der Waals surface area contributed by atoms with E-state index in [1.54, 1.807) is 0 Å². The second-order valence-electron chi connectivity index (χ2n) is 9.00. The lowest BCUT2D eigenvalue weighted by Crippen LogP contribution is -2.60. The molecule has 3 aliphatic carbocycles. The first kappa shape index (κ1) is 18.4. The SMILES string of the molecule is O=C(NCC1(N2CCOCC2)CCCCC1)C1CC2CCCC(C1)C2=O. The molecule has 0 radical (unpaired) electrons. The number of carbonyl (C=O) groups is 2. The van der Waals surface area contributed by atoms with Gasteiger partial charge in [-0.05, 0) is 38.5 Å². The number of amides is 1. The van der Waals surface area contributed by atoms with Gasteiger partial charge in [-0.2, -0.15) is 0 Å². The highest BCUT2D eigenvalue weighted by Gasteiger charge is 2.43. The predicted octanol–water partition coefficient (Wildman–Crippen LogP) is 2.53. The molecule has 1 amide bonds. The van der Waals surface area contributed by atoms with Crippen molar-refractivity contribution >= 4 is 11.7 Å². The second kappa shape index (κ2) is 7.97. The van der Waals surface area contributed by atoms with E-state index in [4.69, 9.17) is 4.74 Å². The van der Waals surface area contributed by atoms with Crippen LogP contribution in [-0.2, 0) is 14.3 Å². The number of ether oxygens (including phenoxy) is 1. The van der Waals surface area contributed by atoms with Gasteiger partial charge < -0.3 is 10.1 Å². The fourth-order valence-corrected chi connectivity index (χ4v) is 5.94. The molecule has 0 aromatic carbocycles. The van der Waals surface area contributed by atoms with Crippen molar-refractivity contribution in [2.45, 2.75) is 69.7 Å². The molecule has 2 unspecified atom stereocenters. The van der Waals surface area contributed by atoms with E-state index in [9.17, 15) is 9.59 Å². The summed E-state index contributed by atoms with van der Waals surface area (Å²) < 4.78 is 5.55. The van der Waals surface area contributed by atoms with Gasteiger partial charge in [-0.1, -0.05) is 25.7 Å². The Bertz CT molecular complexity index is 507. The molecule has 4 rings (SSSR count). The van der Waals surface area contributed by atoms with Gasteiger partial charge in [0.2, 0.25) is 5.91 Å². The molecule has 5 heteroatoms. The molecule has 4 fully saturated rings. The molecule has 3 saturated carbocycles. The number of hydrogen-bond acceptors (Lipinski definition) is 4. The van der Waals surface area contributed by atoms with E-state index < -0.39 is 0 Å². The Hall–Kier alpha value is -0.940. The Morgan fingerprint density at radius 2 is 1.69 bits per heavy atom. The van der Waals surface area contributed by atoms with E-state index in [2.05, 4.69) is 10.2 Å². The molecule has 0 spiro atoms. The summed E-state index contributed by atoms with van der Waals surface area (Å²) in [6.07, 6.45) is 10.9. The van der Waals surface area contributed by atoms with Crippen LogP contribution in [-0.4, -0.2) is 55.0 Å². The van der Waals surface area contributed by atoms with Crippen molar-refractivity contribution < 1.29 is 14.3 Å². The van der Waals surface area contributed by atoms with E-state index in [0.29, 0.717) is 5.78 Å². The van der Waals surface area contributed by atoms with E-state index in [1.165, 1.54) is 32.1 Å². The first-order valence-electron chi connectivity index (χ1n) is 10.8. The maximum absolute atomic E-state index is 12.9. The maximum Gasteiger partial charge on any atom is 0.223 e. The summed E-state index contributed by atoms with van der Waals surface area (Å²) in [5.74, 6) is 1.00. The summed E-state index contributed by atoms with van der Waals surface area (Å²) in [6, 6.07) is 0. The van der Waals surface area contributed by atoms with Crippen molar-refractivity contribution in [2.24, 2.45) is 17.8 Å². The fraction of sp³-hybridized carbons (Fsp3) is 0.905. The smallest absolute Gasteiger partial charge is 0.223 e. The largest absolute Gasteiger partial charge is 0.379 e. The van der Waals surface area contributed by atoms with Crippen LogP contribution in [0.3, 0.4) is 0 Å². The van der Waals surface area contributed by atoms with Crippen LogP contribution in [0, 0.1) is 17.8 Å². The molecular formula is C21H34N2O3. The van der Waals surface area contributed by atoms with E-state index in [-0.39, 0.29) is 29.2 Å². The normalized spacial score (nSPS) is 35.1. The third-order valence-corrected chi connectivity index (χ3v) is 7.48. The topological polar surface area (TPSA) is 58.6 Å². The van der Waals surface area contributed by atoms with Crippen LogP contribution >= 0.6 is 0 Å². The molecule has 1 N–H and O–H groups in total. The highest BCUT2D eigenvalue weighted by atomic mass is 16.5. The lowest BCUT2D eigenvalue weighted by atomic mass is 9.67. The lowest BCUT2D eigenvalue weighted by molar-refractivity contribution is -0.138. The average molecular weight is 363 g/mol. The highest BCUT2D eigenvalue weighted by Crippen LogP contribution is 2.40. The quantitative estimate of drug-likeness (QED) is 0.835. The van der Waals surface area contributed by atoms with Gasteiger partial charge in [0.05, 0.1) is 13.2 Å².